The van der Waals surface area contributed by atoms with E-state index in [0.29, 0.717) is 5.06 Å². The number of hydrogen-bond acceptors (Lipinski definition) is 21. The molecule has 23 nitrogen and oxygen atoms in total. The first-order chi connectivity index (χ1) is 25.6. The van der Waals surface area contributed by atoms with E-state index in [1.165, 1.54) is 6.92 Å². The van der Waals surface area contributed by atoms with E-state index in [-0.39, 0.29) is 45.1 Å². The summed E-state index contributed by atoms with van der Waals surface area (Å²) in [5, 5.41) is 106. The lowest BCUT2D eigenvalue weighted by Gasteiger charge is -2.47. The van der Waals surface area contributed by atoms with Gasteiger partial charge in [0.05, 0.1) is 25.9 Å². The van der Waals surface area contributed by atoms with E-state index in [9.17, 15) is 70.2 Å². The van der Waals surface area contributed by atoms with Crippen molar-refractivity contribution in [1.82, 2.24) is 10.4 Å². The molecule has 0 aliphatic carbocycles. The lowest BCUT2D eigenvalue weighted by molar-refractivity contribution is -0.368. The van der Waals surface area contributed by atoms with Gasteiger partial charge in [-0.25, -0.2) is 4.79 Å². The van der Waals surface area contributed by atoms with Crippen LogP contribution in [0.1, 0.15) is 45.4 Å². The third-order valence-electron chi connectivity index (χ3n) is 9.24. The van der Waals surface area contributed by atoms with E-state index in [1.807, 2.05) is 0 Å². The molecule has 4 saturated heterocycles. The van der Waals surface area contributed by atoms with Crippen molar-refractivity contribution in [2.24, 2.45) is 0 Å². The van der Waals surface area contributed by atoms with E-state index in [4.69, 9.17) is 33.3 Å². The van der Waals surface area contributed by atoms with Crippen LogP contribution in [-0.2, 0) is 52.4 Å². The average molecular weight is 787 g/mol. The zero-order chi connectivity index (χ0) is 39.9. The van der Waals surface area contributed by atoms with Crippen molar-refractivity contribution in [2.75, 3.05) is 26.4 Å². The number of ether oxygens (including phenoxy) is 6. The summed E-state index contributed by atoms with van der Waals surface area (Å²) in [6, 6.07) is 0. The van der Waals surface area contributed by atoms with Gasteiger partial charge in [-0.2, -0.15) is 0 Å². The Morgan fingerprint density at radius 3 is 1.85 bits per heavy atom. The Bertz CT molecular complexity index is 1240. The summed E-state index contributed by atoms with van der Waals surface area (Å²) in [4.78, 5) is 52.3. The lowest BCUT2D eigenvalue weighted by atomic mass is 9.96. The highest BCUT2D eigenvalue weighted by Gasteiger charge is 2.52. The molecule has 4 fully saturated rings. The number of nitrogens with zero attached hydrogens (tertiary/aromatic N) is 1. The monoisotopic (exact) mass is 786 g/mol. The van der Waals surface area contributed by atoms with Crippen LogP contribution in [0.3, 0.4) is 0 Å². The fourth-order valence-corrected chi connectivity index (χ4v) is 6.03. The Morgan fingerprint density at radius 2 is 1.26 bits per heavy atom. The molecule has 11 N–H and O–H groups in total. The number of aliphatic hydroxyl groups is 10. The third-order valence-corrected chi connectivity index (χ3v) is 9.24. The number of amides is 3. The van der Waals surface area contributed by atoms with Crippen LogP contribution in [0.5, 0.6) is 0 Å². The Hall–Kier alpha value is -2.56. The number of carbonyl (C=O) groups is 4. The first-order valence-electron chi connectivity index (χ1n) is 17.5. The topological polar surface area (TPSA) is 350 Å². The van der Waals surface area contributed by atoms with Crippen LogP contribution in [0.4, 0.5) is 0 Å². The van der Waals surface area contributed by atoms with Crippen LogP contribution in [0, 0.1) is 0 Å². The molecule has 0 saturated carbocycles. The smallest absolute Gasteiger partial charge is 0.333 e. The molecule has 3 amide bonds. The predicted octanol–water partition coefficient (Wildman–Crippen LogP) is -6.88. The van der Waals surface area contributed by atoms with Gasteiger partial charge in [0.2, 0.25) is 5.91 Å². The molecule has 0 aromatic rings. The summed E-state index contributed by atoms with van der Waals surface area (Å²) in [5.74, 6) is -2.47. The molecule has 0 radical (unpaired) electrons. The van der Waals surface area contributed by atoms with E-state index < -0.39 is 142 Å². The average Bonchev–Trinajstić information content (AvgIpc) is 3.46. The molecule has 310 valence electrons. The third kappa shape index (κ3) is 10.8. The van der Waals surface area contributed by atoms with Crippen LogP contribution in [0.25, 0.3) is 0 Å². The number of unbranched alkanes of at least 4 members (excludes halogenated alkanes) is 1. The van der Waals surface area contributed by atoms with E-state index in [1.54, 1.807) is 0 Å². The maximum Gasteiger partial charge on any atom is 0.333 e. The van der Waals surface area contributed by atoms with Crippen molar-refractivity contribution in [2.45, 2.75) is 144 Å². The lowest BCUT2D eigenvalue weighted by Crippen LogP contribution is -2.65. The molecule has 0 spiro atoms. The molecule has 23 heteroatoms. The summed E-state index contributed by atoms with van der Waals surface area (Å²) in [6.45, 7) is -0.860. The molecule has 4 aliphatic heterocycles. The van der Waals surface area contributed by atoms with Crippen LogP contribution < -0.4 is 5.32 Å². The number of carbonyl (C=O) groups excluding carboxylic acids is 4. The SMILES string of the molecule is CC(CNC(=O)CCCCC(=O)ON1C(=O)CCC1=O)OC1O[C@H](CO[C@H]2O[C@H](CO)[C@@H](O)[C@H](O)[C@@H]2O)[C@@H](O)[C@H](O[C@H]2O[C@H](CO)[C@@H](O)[C@H](O)[C@@H]2O)[C@@H]1O. The molecule has 54 heavy (non-hydrogen) atoms. The van der Waals surface area contributed by atoms with Crippen molar-refractivity contribution in [3.63, 3.8) is 0 Å². The molecular formula is C31H50N2O21. The van der Waals surface area contributed by atoms with E-state index in [0.717, 1.165) is 0 Å². The second kappa shape index (κ2) is 20.0. The van der Waals surface area contributed by atoms with Crippen molar-refractivity contribution in [3.05, 3.63) is 0 Å². The maximum absolute atomic E-state index is 12.5. The Labute approximate surface area is 307 Å². The van der Waals surface area contributed by atoms with Crippen LogP contribution in [0.15, 0.2) is 0 Å². The summed E-state index contributed by atoms with van der Waals surface area (Å²) in [6.07, 6.45) is -26.3. The van der Waals surface area contributed by atoms with Gasteiger partial charge in [-0.1, -0.05) is 0 Å². The summed E-state index contributed by atoms with van der Waals surface area (Å²) >= 11 is 0. The number of nitrogens with one attached hydrogen (secondary N) is 1. The Morgan fingerprint density at radius 1 is 0.722 bits per heavy atom. The van der Waals surface area contributed by atoms with Crippen molar-refractivity contribution in [3.8, 4) is 0 Å². The van der Waals surface area contributed by atoms with Crippen LogP contribution in [0.2, 0.25) is 0 Å². The maximum atomic E-state index is 12.5. The van der Waals surface area contributed by atoms with Gasteiger partial charge in [0, 0.05) is 32.2 Å². The fraction of sp³-hybridized carbons (Fsp3) is 0.871. The fourth-order valence-electron chi connectivity index (χ4n) is 6.03. The highest BCUT2D eigenvalue weighted by molar-refractivity contribution is 6.01. The molecule has 4 aliphatic rings. The molecule has 2 unspecified atom stereocenters. The minimum absolute atomic E-state index is 0.0251. The minimum atomic E-state index is -1.92. The van der Waals surface area contributed by atoms with Gasteiger partial charge in [-0.15, -0.1) is 5.06 Å². The highest BCUT2D eigenvalue weighted by Crippen LogP contribution is 2.31. The predicted molar refractivity (Wildman–Crippen MR) is 168 cm³/mol. The number of aliphatic hydroxyl groups excluding tert-OH is 10. The normalized spacial score (nSPS) is 39.4. The van der Waals surface area contributed by atoms with Gasteiger partial charge < -0.3 is 89.6 Å². The zero-order valence-corrected chi connectivity index (χ0v) is 29.2. The van der Waals surface area contributed by atoms with Gasteiger partial charge >= 0.3 is 5.97 Å². The number of hydrogen-bond donors (Lipinski definition) is 11. The first kappa shape index (κ1) is 44.2. The Kier molecular flexibility index (Phi) is 16.4. The van der Waals surface area contributed by atoms with Crippen LogP contribution in [-0.4, -0.2) is 204 Å². The van der Waals surface area contributed by atoms with Crippen LogP contribution >= 0.6 is 0 Å². The quantitative estimate of drug-likeness (QED) is 0.0482. The molecule has 0 aromatic heterocycles. The largest absolute Gasteiger partial charge is 0.394 e. The van der Waals surface area contributed by atoms with E-state index in [2.05, 4.69) is 5.32 Å². The highest BCUT2D eigenvalue weighted by atomic mass is 16.8. The molecule has 0 aromatic carbocycles. The summed E-state index contributed by atoms with van der Waals surface area (Å²) in [7, 11) is 0. The van der Waals surface area contributed by atoms with Gasteiger partial charge in [0.15, 0.2) is 18.9 Å². The Balaban J connectivity index is 1.34. The zero-order valence-electron chi connectivity index (χ0n) is 29.2. The van der Waals surface area contributed by atoms with Crippen molar-refractivity contribution < 1.29 is 104 Å². The molecular weight excluding hydrogens is 736 g/mol. The number of imide groups is 1. The van der Waals surface area contributed by atoms with Gasteiger partial charge in [-0.05, 0) is 19.8 Å². The number of rotatable bonds is 17. The molecule has 4 heterocycles. The standard InChI is InChI=1S/C31H50N2O21/c1-12(8-32-16(36)4-2-3-5-19(39)54-33-17(37)6-7-18(33)38)49-31-27(47)28(53-30-26(46)24(44)21(41)14(10-35)51-30)22(42)15(52-31)11-48-29-25(45)23(43)20(40)13(9-34)50-29/h12-15,20-31,34-35,40-47H,2-11H2,1H3,(H,32,36)/t12?,13-,14-,15-,20-,21-,22-,23+,24+,25+,26+,27+,28+,29+,30-,31?/m1/s1. The van der Waals surface area contributed by atoms with Gasteiger partial charge in [0.1, 0.15) is 73.2 Å². The van der Waals surface area contributed by atoms with Gasteiger partial charge in [0.25, 0.3) is 11.8 Å². The molecule has 0 bridgehead atoms. The second-order valence-electron chi connectivity index (χ2n) is 13.4. The summed E-state index contributed by atoms with van der Waals surface area (Å²) in [5.41, 5.74) is 0. The van der Waals surface area contributed by atoms with Crippen molar-refractivity contribution >= 4 is 23.7 Å². The minimum Gasteiger partial charge on any atom is -0.394 e. The number of hydroxylamine groups is 2. The first-order valence-corrected chi connectivity index (χ1v) is 17.5. The summed E-state index contributed by atoms with van der Waals surface area (Å²) < 4.78 is 33.4. The van der Waals surface area contributed by atoms with Gasteiger partial charge in [-0.3, -0.25) is 14.4 Å². The van der Waals surface area contributed by atoms with Crippen molar-refractivity contribution in [1.29, 1.82) is 0 Å². The second-order valence-corrected chi connectivity index (χ2v) is 13.4. The molecule has 4 rings (SSSR count). The molecule has 16 atom stereocenters. The van der Waals surface area contributed by atoms with E-state index >= 15 is 0 Å².